The molecule has 1 aliphatic rings. The SMILES string of the molecule is C[C@@]1(c2ccc(OC(F)F)cc2)NC(=O)N(CC(=O)Nc2cccc(F)c2)C1=O. The number of ether oxygens (including phenoxy) is 1. The number of nitrogens with zero attached hydrogens (tertiary/aromatic N) is 1. The van der Waals surface area contributed by atoms with Gasteiger partial charge in [-0.2, -0.15) is 8.78 Å². The van der Waals surface area contributed by atoms with Gasteiger partial charge in [0.2, 0.25) is 5.91 Å². The summed E-state index contributed by atoms with van der Waals surface area (Å²) in [4.78, 5) is 37.9. The van der Waals surface area contributed by atoms with E-state index in [4.69, 9.17) is 0 Å². The number of hydrogen-bond acceptors (Lipinski definition) is 4. The number of amides is 4. The highest BCUT2D eigenvalue weighted by atomic mass is 19.3. The Labute approximate surface area is 163 Å². The summed E-state index contributed by atoms with van der Waals surface area (Å²) in [6.07, 6.45) is 0. The number of halogens is 3. The molecule has 4 amide bonds. The number of carbonyl (C=O) groups is 3. The molecule has 3 rings (SSSR count). The predicted molar refractivity (Wildman–Crippen MR) is 95.7 cm³/mol. The van der Waals surface area contributed by atoms with Crippen molar-refractivity contribution in [3.05, 3.63) is 59.9 Å². The Hall–Kier alpha value is -3.56. The third-order valence-electron chi connectivity index (χ3n) is 4.34. The zero-order valence-electron chi connectivity index (χ0n) is 15.1. The minimum absolute atomic E-state index is 0.101. The molecular formula is C19H16F3N3O4. The molecule has 152 valence electrons. The summed E-state index contributed by atoms with van der Waals surface area (Å²) in [6.45, 7) is -2.14. The largest absolute Gasteiger partial charge is 0.435 e. The van der Waals surface area contributed by atoms with Gasteiger partial charge in [-0.05, 0) is 42.8 Å². The molecule has 2 N–H and O–H groups in total. The van der Waals surface area contributed by atoms with Gasteiger partial charge in [0.15, 0.2) is 0 Å². The number of benzene rings is 2. The Balaban J connectivity index is 1.72. The van der Waals surface area contributed by atoms with Gasteiger partial charge in [-0.1, -0.05) is 18.2 Å². The lowest BCUT2D eigenvalue weighted by Crippen LogP contribution is -2.42. The maximum Gasteiger partial charge on any atom is 0.387 e. The number of hydrogen-bond donors (Lipinski definition) is 2. The maximum atomic E-state index is 13.2. The topological polar surface area (TPSA) is 87.7 Å². The van der Waals surface area contributed by atoms with E-state index in [0.717, 1.165) is 11.0 Å². The number of carbonyl (C=O) groups excluding carboxylic acids is 3. The van der Waals surface area contributed by atoms with E-state index < -0.39 is 42.4 Å². The molecule has 1 fully saturated rings. The summed E-state index contributed by atoms with van der Waals surface area (Å²) < 4.78 is 42.0. The number of imide groups is 1. The molecule has 0 bridgehead atoms. The number of nitrogens with one attached hydrogen (secondary N) is 2. The molecule has 10 heteroatoms. The van der Waals surface area contributed by atoms with Crippen LogP contribution in [0.1, 0.15) is 12.5 Å². The molecule has 1 heterocycles. The van der Waals surface area contributed by atoms with Gasteiger partial charge in [-0.15, -0.1) is 0 Å². The summed E-state index contributed by atoms with van der Waals surface area (Å²) in [5.74, 6) is -2.04. The van der Waals surface area contributed by atoms with Crippen molar-refractivity contribution >= 4 is 23.5 Å². The molecule has 2 aromatic rings. The Morgan fingerprint density at radius 1 is 1.21 bits per heavy atom. The number of urea groups is 1. The van der Waals surface area contributed by atoms with Gasteiger partial charge in [0.05, 0.1) is 0 Å². The first-order valence-corrected chi connectivity index (χ1v) is 8.44. The highest BCUT2D eigenvalue weighted by Crippen LogP contribution is 2.30. The van der Waals surface area contributed by atoms with Gasteiger partial charge in [0.1, 0.15) is 23.7 Å². The third-order valence-corrected chi connectivity index (χ3v) is 4.34. The fourth-order valence-corrected chi connectivity index (χ4v) is 2.92. The zero-order valence-corrected chi connectivity index (χ0v) is 15.1. The van der Waals surface area contributed by atoms with Crippen LogP contribution < -0.4 is 15.4 Å². The van der Waals surface area contributed by atoms with E-state index in [1.165, 1.54) is 49.4 Å². The van der Waals surface area contributed by atoms with Crippen molar-refractivity contribution in [1.29, 1.82) is 0 Å². The van der Waals surface area contributed by atoms with Crippen LogP contribution in [0.5, 0.6) is 5.75 Å². The lowest BCUT2D eigenvalue weighted by molar-refractivity contribution is -0.133. The summed E-state index contributed by atoms with van der Waals surface area (Å²) >= 11 is 0. The van der Waals surface area contributed by atoms with Crippen molar-refractivity contribution < 1.29 is 32.3 Å². The van der Waals surface area contributed by atoms with E-state index in [1.54, 1.807) is 0 Å². The Morgan fingerprint density at radius 2 is 1.90 bits per heavy atom. The monoisotopic (exact) mass is 407 g/mol. The van der Waals surface area contributed by atoms with Crippen LogP contribution in [0, 0.1) is 5.82 Å². The number of alkyl halides is 2. The Morgan fingerprint density at radius 3 is 2.52 bits per heavy atom. The smallest absolute Gasteiger partial charge is 0.387 e. The van der Waals surface area contributed by atoms with E-state index >= 15 is 0 Å². The average molecular weight is 407 g/mol. The summed E-state index contributed by atoms with van der Waals surface area (Å²) in [5.41, 5.74) is -0.982. The lowest BCUT2D eigenvalue weighted by atomic mass is 9.92. The third kappa shape index (κ3) is 4.31. The second kappa shape index (κ2) is 7.82. The Bertz CT molecular complexity index is 952. The summed E-state index contributed by atoms with van der Waals surface area (Å²) in [7, 11) is 0. The zero-order chi connectivity index (χ0) is 21.2. The molecule has 29 heavy (non-hydrogen) atoms. The molecular weight excluding hydrogens is 391 g/mol. The first-order valence-electron chi connectivity index (χ1n) is 8.44. The molecule has 0 aliphatic carbocycles. The lowest BCUT2D eigenvalue weighted by Gasteiger charge is -2.22. The van der Waals surface area contributed by atoms with Crippen LogP contribution in [-0.2, 0) is 15.1 Å². The first kappa shape index (κ1) is 20.2. The Kier molecular flexibility index (Phi) is 5.44. The molecule has 1 saturated heterocycles. The molecule has 0 spiro atoms. The second-order valence-corrected chi connectivity index (χ2v) is 6.41. The van der Waals surface area contributed by atoms with Gasteiger partial charge in [-0.3, -0.25) is 14.5 Å². The van der Waals surface area contributed by atoms with Crippen molar-refractivity contribution in [3.63, 3.8) is 0 Å². The van der Waals surface area contributed by atoms with Crippen molar-refractivity contribution in [1.82, 2.24) is 10.2 Å². The standard InChI is InChI=1S/C19H16F3N3O4/c1-19(11-5-7-14(8-6-11)29-17(21)22)16(27)25(18(28)24-19)10-15(26)23-13-4-2-3-12(20)9-13/h2-9,17H,10H2,1H3,(H,23,26)(H,24,28)/t19-/m0/s1. The van der Waals surface area contributed by atoms with Crippen molar-refractivity contribution in [3.8, 4) is 5.75 Å². The van der Waals surface area contributed by atoms with E-state index in [1.807, 2.05) is 0 Å². The molecule has 0 aromatic heterocycles. The molecule has 0 radical (unpaired) electrons. The van der Waals surface area contributed by atoms with Crippen LogP contribution >= 0.6 is 0 Å². The van der Waals surface area contributed by atoms with Gasteiger partial charge < -0.3 is 15.4 Å². The van der Waals surface area contributed by atoms with Crippen molar-refractivity contribution in [2.45, 2.75) is 19.1 Å². The minimum atomic E-state index is -2.99. The summed E-state index contributed by atoms with van der Waals surface area (Å²) in [6, 6.07) is 9.58. The second-order valence-electron chi connectivity index (χ2n) is 6.41. The maximum absolute atomic E-state index is 13.2. The van der Waals surface area contributed by atoms with E-state index in [0.29, 0.717) is 5.56 Å². The fourth-order valence-electron chi connectivity index (χ4n) is 2.92. The van der Waals surface area contributed by atoms with Crippen molar-refractivity contribution in [2.75, 3.05) is 11.9 Å². The summed E-state index contributed by atoms with van der Waals surface area (Å²) in [5, 5.41) is 4.90. The number of anilines is 1. The minimum Gasteiger partial charge on any atom is -0.435 e. The molecule has 0 unspecified atom stereocenters. The van der Waals surface area contributed by atoms with Gasteiger partial charge in [0, 0.05) is 5.69 Å². The van der Waals surface area contributed by atoms with Crippen LogP contribution in [0.4, 0.5) is 23.7 Å². The van der Waals surface area contributed by atoms with Crippen LogP contribution in [0.2, 0.25) is 0 Å². The molecule has 2 aromatic carbocycles. The quantitative estimate of drug-likeness (QED) is 0.721. The predicted octanol–water partition coefficient (Wildman–Crippen LogP) is 2.83. The highest BCUT2D eigenvalue weighted by molar-refractivity contribution is 6.10. The number of rotatable bonds is 6. The fraction of sp³-hybridized carbons (Fsp3) is 0.211. The first-order chi connectivity index (χ1) is 13.7. The van der Waals surface area contributed by atoms with E-state index in [9.17, 15) is 27.6 Å². The van der Waals surface area contributed by atoms with E-state index in [-0.39, 0.29) is 11.4 Å². The molecule has 1 aliphatic heterocycles. The van der Waals surface area contributed by atoms with Gasteiger partial charge in [0.25, 0.3) is 5.91 Å². The van der Waals surface area contributed by atoms with Crippen LogP contribution in [0.25, 0.3) is 0 Å². The van der Waals surface area contributed by atoms with Crippen LogP contribution in [0.15, 0.2) is 48.5 Å². The molecule has 1 atom stereocenters. The highest BCUT2D eigenvalue weighted by Gasteiger charge is 2.49. The van der Waals surface area contributed by atoms with Crippen molar-refractivity contribution in [2.24, 2.45) is 0 Å². The van der Waals surface area contributed by atoms with Gasteiger partial charge >= 0.3 is 12.6 Å². The average Bonchev–Trinajstić information content (AvgIpc) is 2.86. The van der Waals surface area contributed by atoms with Gasteiger partial charge in [-0.25, -0.2) is 9.18 Å². The van der Waals surface area contributed by atoms with E-state index in [2.05, 4.69) is 15.4 Å². The molecule has 0 saturated carbocycles. The van der Waals surface area contributed by atoms with Crippen LogP contribution in [0.3, 0.4) is 0 Å². The normalized spacial score (nSPS) is 18.7. The van der Waals surface area contributed by atoms with Crippen LogP contribution in [-0.4, -0.2) is 35.9 Å². The molecule has 7 nitrogen and oxygen atoms in total.